The molecule has 0 bridgehead atoms. The van der Waals surface area contributed by atoms with Gasteiger partial charge >= 0.3 is 0 Å². The fraction of sp³-hybridized carbons (Fsp3) is 0.550. The molecule has 1 aliphatic heterocycles. The van der Waals surface area contributed by atoms with E-state index in [2.05, 4.69) is 57.9 Å². The number of rotatable bonds is 6. The van der Waals surface area contributed by atoms with Gasteiger partial charge in [0.1, 0.15) is 4.88 Å². The summed E-state index contributed by atoms with van der Waals surface area (Å²) in [4.78, 5) is 15.4. The average molecular weight is 373 g/mol. The quantitative estimate of drug-likeness (QED) is 0.843. The Morgan fingerprint density at radius 2 is 1.85 bits per heavy atom. The largest absolute Gasteiger partial charge is 0.347 e. The molecule has 5 nitrogen and oxygen atoms in total. The van der Waals surface area contributed by atoms with Gasteiger partial charge in [-0.2, -0.15) is 0 Å². The van der Waals surface area contributed by atoms with Crippen molar-refractivity contribution in [2.24, 2.45) is 11.8 Å². The highest BCUT2D eigenvalue weighted by atomic mass is 32.1. The van der Waals surface area contributed by atoms with Crippen molar-refractivity contribution < 1.29 is 4.79 Å². The first-order chi connectivity index (χ1) is 12.5. The number of nitrogens with zero attached hydrogens (tertiary/aromatic N) is 3. The van der Waals surface area contributed by atoms with Crippen LogP contribution in [0.15, 0.2) is 24.3 Å². The number of carbonyl (C=O) groups excluding carboxylic acids is 1. The number of piperidine rings is 1. The van der Waals surface area contributed by atoms with Crippen LogP contribution in [0.2, 0.25) is 0 Å². The Morgan fingerprint density at radius 1 is 1.19 bits per heavy atom. The molecule has 3 rings (SSSR count). The van der Waals surface area contributed by atoms with E-state index < -0.39 is 0 Å². The van der Waals surface area contributed by atoms with Crippen LogP contribution in [0.4, 0.5) is 0 Å². The van der Waals surface area contributed by atoms with E-state index in [1.807, 2.05) is 6.92 Å². The van der Waals surface area contributed by atoms with Crippen LogP contribution >= 0.6 is 11.5 Å². The second-order valence-corrected chi connectivity index (χ2v) is 8.30. The zero-order valence-corrected chi connectivity index (χ0v) is 16.7. The van der Waals surface area contributed by atoms with Gasteiger partial charge in [-0.1, -0.05) is 49.5 Å². The molecule has 0 radical (unpaired) electrons. The first-order valence-electron chi connectivity index (χ1n) is 9.44. The molecular weight excluding hydrogens is 344 g/mol. The Morgan fingerprint density at radius 3 is 2.50 bits per heavy atom. The number of amides is 1. The van der Waals surface area contributed by atoms with Crippen LogP contribution in [-0.2, 0) is 19.5 Å². The summed E-state index contributed by atoms with van der Waals surface area (Å²) in [6.07, 6.45) is 2.06. The van der Waals surface area contributed by atoms with Gasteiger partial charge in [-0.05, 0) is 47.3 Å². The van der Waals surface area contributed by atoms with Crippen molar-refractivity contribution in [1.29, 1.82) is 0 Å². The molecule has 0 aliphatic carbocycles. The Hall–Kier alpha value is -1.79. The van der Waals surface area contributed by atoms with Crippen molar-refractivity contribution in [3.63, 3.8) is 0 Å². The highest BCUT2D eigenvalue weighted by Gasteiger charge is 2.21. The van der Waals surface area contributed by atoms with Gasteiger partial charge in [0.2, 0.25) is 0 Å². The molecule has 0 spiro atoms. The van der Waals surface area contributed by atoms with Crippen LogP contribution in [0.25, 0.3) is 0 Å². The van der Waals surface area contributed by atoms with E-state index in [1.54, 1.807) is 0 Å². The Bertz CT molecular complexity index is 718. The molecular formula is C20H28N4OS. The van der Waals surface area contributed by atoms with Gasteiger partial charge in [-0.15, -0.1) is 5.10 Å². The standard InChI is InChI=1S/C20H28N4OS/c1-4-18-19(26-23-22-18)20(25)21-10-16-5-7-17(8-6-16)13-24-11-14(2)9-15(3)12-24/h5-8,14-15H,4,9-13H2,1-3H3,(H,21,25)/t14-,15-/m1/s1. The monoisotopic (exact) mass is 372 g/mol. The summed E-state index contributed by atoms with van der Waals surface area (Å²) < 4.78 is 3.87. The number of aromatic nitrogens is 2. The normalized spacial score (nSPS) is 20.9. The number of nitrogens with one attached hydrogen (secondary N) is 1. The summed E-state index contributed by atoms with van der Waals surface area (Å²) in [6, 6.07) is 8.57. The molecule has 6 heteroatoms. The van der Waals surface area contributed by atoms with Crippen molar-refractivity contribution in [2.45, 2.75) is 46.7 Å². The maximum Gasteiger partial charge on any atom is 0.265 e. The fourth-order valence-corrected chi connectivity index (χ4v) is 4.48. The minimum Gasteiger partial charge on any atom is -0.347 e. The SMILES string of the molecule is CCc1nnsc1C(=O)NCc1ccc(CN2C[C@H](C)C[C@@H](C)C2)cc1. The highest BCUT2D eigenvalue weighted by molar-refractivity contribution is 7.08. The van der Waals surface area contributed by atoms with Crippen LogP contribution < -0.4 is 5.32 Å². The van der Waals surface area contributed by atoms with Crippen molar-refractivity contribution in [3.8, 4) is 0 Å². The number of hydrogen-bond acceptors (Lipinski definition) is 5. The zero-order chi connectivity index (χ0) is 18.5. The predicted molar refractivity (Wildman–Crippen MR) is 105 cm³/mol. The average Bonchev–Trinajstić information content (AvgIpc) is 3.09. The second kappa shape index (κ2) is 8.73. The topological polar surface area (TPSA) is 58.1 Å². The molecule has 2 heterocycles. The first kappa shape index (κ1) is 19.0. The second-order valence-electron chi connectivity index (χ2n) is 7.54. The number of benzene rings is 1. The van der Waals surface area contributed by atoms with Gasteiger partial charge in [0.15, 0.2) is 0 Å². The first-order valence-corrected chi connectivity index (χ1v) is 10.2. The molecule has 1 N–H and O–H groups in total. The van der Waals surface area contributed by atoms with Gasteiger partial charge in [-0.25, -0.2) is 0 Å². The summed E-state index contributed by atoms with van der Waals surface area (Å²) in [6.45, 7) is 10.6. The summed E-state index contributed by atoms with van der Waals surface area (Å²) >= 11 is 1.16. The molecule has 0 saturated carbocycles. The Labute approximate surface area is 160 Å². The molecule has 1 fully saturated rings. The van der Waals surface area contributed by atoms with Crippen LogP contribution in [0.1, 0.15) is 53.7 Å². The number of aryl methyl sites for hydroxylation is 1. The van der Waals surface area contributed by atoms with E-state index >= 15 is 0 Å². The summed E-state index contributed by atoms with van der Waals surface area (Å²) in [5.74, 6) is 1.47. The zero-order valence-electron chi connectivity index (χ0n) is 15.9. The van der Waals surface area contributed by atoms with Gasteiger partial charge < -0.3 is 5.32 Å². The van der Waals surface area contributed by atoms with E-state index in [0.717, 1.165) is 47.6 Å². The van der Waals surface area contributed by atoms with E-state index in [-0.39, 0.29) is 5.91 Å². The Kier molecular flexibility index (Phi) is 6.38. The smallest absolute Gasteiger partial charge is 0.265 e. The predicted octanol–water partition coefficient (Wildman–Crippen LogP) is 3.51. The molecule has 1 amide bonds. The lowest BCUT2D eigenvalue weighted by atomic mass is 9.91. The highest BCUT2D eigenvalue weighted by Crippen LogP contribution is 2.22. The van der Waals surface area contributed by atoms with Crippen LogP contribution in [-0.4, -0.2) is 33.5 Å². The van der Waals surface area contributed by atoms with Crippen LogP contribution in [0.5, 0.6) is 0 Å². The molecule has 140 valence electrons. The maximum atomic E-state index is 12.3. The molecule has 1 aromatic carbocycles. The lowest BCUT2D eigenvalue weighted by molar-refractivity contribution is 0.0954. The lowest BCUT2D eigenvalue weighted by Crippen LogP contribution is -2.38. The lowest BCUT2D eigenvalue weighted by Gasteiger charge is -2.35. The van der Waals surface area contributed by atoms with Crippen LogP contribution in [0, 0.1) is 11.8 Å². The molecule has 0 unspecified atom stereocenters. The van der Waals surface area contributed by atoms with E-state index in [1.165, 1.54) is 25.1 Å². The molecule has 26 heavy (non-hydrogen) atoms. The molecule has 1 saturated heterocycles. The number of carbonyl (C=O) groups is 1. The van der Waals surface area contributed by atoms with Gasteiger partial charge in [0.25, 0.3) is 5.91 Å². The van der Waals surface area contributed by atoms with E-state index in [9.17, 15) is 4.79 Å². The van der Waals surface area contributed by atoms with E-state index in [0.29, 0.717) is 11.4 Å². The van der Waals surface area contributed by atoms with Crippen molar-refractivity contribution in [2.75, 3.05) is 13.1 Å². The van der Waals surface area contributed by atoms with Crippen LogP contribution in [0.3, 0.4) is 0 Å². The number of likely N-dealkylation sites (tertiary alicyclic amines) is 1. The van der Waals surface area contributed by atoms with Gasteiger partial charge in [-0.3, -0.25) is 9.69 Å². The summed E-state index contributed by atoms with van der Waals surface area (Å²) in [5, 5.41) is 6.96. The third-order valence-corrected chi connectivity index (χ3v) is 5.69. The maximum absolute atomic E-state index is 12.3. The van der Waals surface area contributed by atoms with Crippen molar-refractivity contribution in [3.05, 3.63) is 46.0 Å². The minimum absolute atomic E-state index is 0.0859. The summed E-state index contributed by atoms with van der Waals surface area (Å²) in [7, 11) is 0. The van der Waals surface area contributed by atoms with Gasteiger partial charge in [0.05, 0.1) is 5.69 Å². The molecule has 1 aliphatic rings. The third-order valence-electron chi connectivity index (χ3n) is 4.92. The molecule has 2 aromatic rings. The molecule has 2 atom stereocenters. The molecule has 1 aromatic heterocycles. The van der Waals surface area contributed by atoms with Crippen molar-refractivity contribution >= 4 is 17.4 Å². The Balaban J connectivity index is 1.52. The number of hydrogen-bond donors (Lipinski definition) is 1. The minimum atomic E-state index is -0.0859. The third kappa shape index (κ3) is 4.89. The van der Waals surface area contributed by atoms with Gasteiger partial charge in [0, 0.05) is 26.2 Å². The van der Waals surface area contributed by atoms with E-state index in [4.69, 9.17) is 0 Å². The fourth-order valence-electron chi connectivity index (χ4n) is 3.82. The summed E-state index contributed by atoms with van der Waals surface area (Å²) in [5.41, 5.74) is 3.21. The van der Waals surface area contributed by atoms with Crippen molar-refractivity contribution in [1.82, 2.24) is 19.8 Å².